The van der Waals surface area contributed by atoms with Crippen molar-refractivity contribution in [2.24, 2.45) is 0 Å². The summed E-state index contributed by atoms with van der Waals surface area (Å²) in [6.45, 7) is 0. The van der Waals surface area contributed by atoms with Crippen molar-refractivity contribution in [3.8, 4) is 68.3 Å². The van der Waals surface area contributed by atoms with Crippen LogP contribution in [-0.4, -0.2) is 56.2 Å². The molecule has 10 aromatic carbocycles. The van der Waals surface area contributed by atoms with E-state index < -0.39 is 7.12 Å². The van der Waals surface area contributed by atoms with Crippen LogP contribution < -0.4 is 16.6 Å². The van der Waals surface area contributed by atoms with Crippen LogP contribution in [0.3, 0.4) is 0 Å². The average molecular weight is 1130 g/mol. The Bertz CT molecular complexity index is 4600. The number of para-hydroxylation sites is 4. The summed E-state index contributed by atoms with van der Waals surface area (Å²) < 4.78 is 5.23. The molecule has 82 heavy (non-hydrogen) atoms. The second-order valence-electron chi connectivity index (χ2n) is 18.9. The van der Waals surface area contributed by atoms with Gasteiger partial charge in [0.25, 0.3) is 0 Å². The van der Waals surface area contributed by atoms with Gasteiger partial charge in [0.2, 0.25) is 0 Å². The summed E-state index contributed by atoms with van der Waals surface area (Å²) in [6.07, 6.45) is 0. The summed E-state index contributed by atoms with van der Waals surface area (Å²) >= 11 is 3.51. The van der Waals surface area contributed by atoms with Crippen LogP contribution in [-0.2, 0) is 0 Å². The molecule has 0 fully saturated rings. The lowest BCUT2D eigenvalue weighted by Crippen LogP contribution is -2.36. The molecule has 4 aromatic heterocycles. The van der Waals surface area contributed by atoms with Gasteiger partial charge in [0.05, 0.1) is 22.1 Å². The number of rotatable bonds is 8. The van der Waals surface area contributed by atoms with E-state index in [4.69, 9.17) is 15.0 Å². The molecule has 0 unspecified atom stereocenters. The first-order valence-corrected chi connectivity index (χ1v) is 27.1. The van der Waals surface area contributed by atoms with Crippen molar-refractivity contribution in [1.82, 2.24) is 39.0 Å². The van der Waals surface area contributed by atoms with Crippen LogP contribution in [0.25, 0.3) is 112 Å². The van der Waals surface area contributed by atoms with Crippen LogP contribution in [0.5, 0.6) is 0 Å². The summed E-state index contributed by atoms with van der Waals surface area (Å²) in [5.74, 6) is 2.56. The lowest BCUT2D eigenvalue weighted by atomic mass is 9.90. The van der Waals surface area contributed by atoms with Crippen molar-refractivity contribution in [2.45, 2.75) is 0 Å². The van der Waals surface area contributed by atoms with Gasteiger partial charge in [-0.05, 0) is 78.9 Å². The summed E-state index contributed by atoms with van der Waals surface area (Å²) in [5, 5.41) is 21.5. The van der Waals surface area contributed by atoms with Crippen LogP contribution >= 0.6 is 15.9 Å². The maximum absolute atomic E-state index is 13.5. The number of fused-ring (bicyclic) bond motifs is 4. The smallest absolute Gasteiger partial charge is 0.421 e. The first-order valence-electron chi connectivity index (χ1n) is 26.3. The van der Waals surface area contributed by atoms with Gasteiger partial charge in [-0.1, -0.05) is 204 Å². The van der Waals surface area contributed by atoms with E-state index in [0.717, 1.165) is 76.5 Å². The topological polar surface area (TPSA) is 162 Å². The Hall–Kier alpha value is -10.4. The zero-order valence-electron chi connectivity index (χ0n) is 43.6. The van der Waals surface area contributed by atoms with Crippen molar-refractivity contribution in [1.29, 1.82) is 0 Å². The molecule has 12 nitrogen and oxygen atoms in total. The number of benzene rings is 10. The van der Waals surface area contributed by atoms with Gasteiger partial charge in [-0.25, -0.2) is 29.9 Å². The number of aromatic nitrogens is 8. The quantitative estimate of drug-likeness (QED) is 0.111. The standard InChI is InChI=1S/C34H22N4O.C19H12BrNO.C15H12BN3O2/c39-31-27-18-10-11-19-29(27)38(26-16-8-3-9-17-26)30-22-25(20-21-28(30)31)34-36-32(23-12-4-1-5-13-23)35-33(37-34)24-14-6-2-7-15-24;20-13-10-11-16-18(12-13)21(14-6-2-1-3-7-14)17-9-5-4-8-15(17)19(16)22;20-16(21)15-18-13(11-7-3-1-4-8-11)17-14(19-15)12-9-5-2-6-10-12/h1-22H;1-12H;1-10,20-21H. The molecule has 2 N–H and O–H groups in total. The minimum absolute atomic E-state index is 0.00456. The molecule has 0 radical (unpaired) electrons. The second kappa shape index (κ2) is 23.5. The van der Waals surface area contributed by atoms with Crippen molar-refractivity contribution in [2.75, 3.05) is 0 Å². The maximum Gasteiger partial charge on any atom is 0.528 e. The average Bonchev–Trinajstić information content (AvgIpc) is 3.71. The third kappa shape index (κ3) is 10.9. The number of nitrogens with zero attached hydrogens (tertiary/aromatic N) is 8. The van der Waals surface area contributed by atoms with Gasteiger partial charge >= 0.3 is 7.12 Å². The van der Waals surface area contributed by atoms with Crippen molar-refractivity contribution >= 4 is 72.4 Å². The number of pyridine rings is 2. The SMILES string of the molecule is O=c1c2ccccc2n(-c2ccccc2)c2cc(-c3nc(-c4ccccc4)nc(-c4ccccc4)n3)ccc12.O=c1c2ccccc2n(-c2ccccc2)c2cc(Br)ccc12.OB(O)c1nc(-c2ccccc2)nc(-c2ccccc2)n1. The highest BCUT2D eigenvalue weighted by Gasteiger charge is 2.21. The van der Waals surface area contributed by atoms with E-state index >= 15 is 0 Å². The van der Waals surface area contributed by atoms with E-state index in [1.165, 1.54) is 0 Å². The molecule has 0 aliphatic heterocycles. The van der Waals surface area contributed by atoms with E-state index in [2.05, 4.69) is 52.1 Å². The highest BCUT2D eigenvalue weighted by atomic mass is 79.9. The van der Waals surface area contributed by atoms with E-state index in [0.29, 0.717) is 39.9 Å². The molecule has 14 heteroatoms. The highest BCUT2D eigenvalue weighted by molar-refractivity contribution is 9.10. The minimum Gasteiger partial charge on any atom is -0.421 e. The maximum atomic E-state index is 13.5. The van der Waals surface area contributed by atoms with Gasteiger partial charge in [0, 0.05) is 65.2 Å². The molecule has 0 aliphatic rings. The molecule has 0 saturated heterocycles. The lowest BCUT2D eigenvalue weighted by Gasteiger charge is -2.16. The molecule has 0 spiro atoms. The predicted octanol–water partition coefficient (Wildman–Crippen LogP) is 13.1. The molecule has 14 aromatic rings. The molecular formula is C68H46BBrN8O4. The van der Waals surface area contributed by atoms with Crippen LogP contribution in [0, 0.1) is 0 Å². The molecule has 0 atom stereocenters. The third-order valence-electron chi connectivity index (χ3n) is 13.6. The minimum atomic E-state index is -1.74. The Morgan fingerprint density at radius 1 is 0.305 bits per heavy atom. The second-order valence-corrected chi connectivity index (χ2v) is 19.8. The van der Waals surface area contributed by atoms with Gasteiger partial charge < -0.3 is 19.2 Å². The molecule has 0 saturated carbocycles. The van der Waals surface area contributed by atoms with E-state index in [9.17, 15) is 19.6 Å². The fraction of sp³-hybridized carbons (Fsp3) is 0. The van der Waals surface area contributed by atoms with Crippen LogP contribution in [0.4, 0.5) is 0 Å². The van der Waals surface area contributed by atoms with E-state index in [1.54, 1.807) is 0 Å². The summed E-state index contributed by atoms with van der Waals surface area (Å²) in [4.78, 5) is 53.5. The molecule has 14 rings (SSSR count). The van der Waals surface area contributed by atoms with E-state index in [1.807, 2.05) is 255 Å². The molecule has 0 amide bonds. The summed E-state index contributed by atoms with van der Waals surface area (Å²) in [6, 6.07) is 85.8. The molecular weight excluding hydrogens is 1080 g/mol. The Balaban J connectivity index is 0.000000132. The van der Waals surface area contributed by atoms with Gasteiger partial charge in [-0.3, -0.25) is 9.59 Å². The monoisotopic (exact) mass is 1130 g/mol. The normalized spacial score (nSPS) is 11.0. The third-order valence-corrected chi connectivity index (χ3v) is 14.1. The number of halogens is 1. The summed E-state index contributed by atoms with van der Waals surface area (Å²) in [7, 11) is -1.74. The lowest BCUT2D eigenvalue weighted by molar-refractivity contribution is 0.422. The van der Waals surface area contributed by atoms with Gasteiger partial charge in [0.15, 0.2) is 45.7 Å². The first kappa shape index (κ1) is 52.3. The predicted molar refractivity (Wildman–Crippen MR) is 332 cm³/mol. The number of hydrogen-bond acceptors (Lipinski definition) is 10. The number of hydrogen-bond donors (Lipinski definition) is 2. The van der Waals surface area contributed by atoms with Crippen molar-refractivity contribution in [3.05, 3.63) is 292 Å². The fourth-order valence-electron chi connectivity index (χ4n) is 9.79. The van der Waals surface area contributed by atoms with Crippen molar-refractivity contribution < 1.29 is 10.0 Å². The fourth-order valence-corrected chi connectivity index (χ4v) is 10.1. The Labute approximate surface area is 479 Å². The molecule has 0 aliphatic carbocycles. The first-order chi connectivity index (χ1) is 40.3. The largest absolute Gasteiger partial charge is 0.528 e. The highest BCUT2D eigenvalue weighted by Crippen LogP contribution is 2.31. The van der Waals surface area contributed by atoms with Crippen LogP contribution in [0.15, 0.2) is 281 Å². The Kier molecular flexibility index (Phi) is 15.0. The van der Waals surface area contributed by atoms with E-state index in [-0.39, 0.29) is 16.6 Å². The molecule has 392 valence electrons. The van der Waals surface area contributed by atoms with Gasteiger partial charge in [-0.2, -0.15) is 0 Å². The molecule has 0 bridgehead atoms. The van der Waals surface area contributed by atoms with Crippen LogP contribution in [0.2, 0.25) is 0 Å². The Morgan fingerprint density at radius 3 is 1.00 bits per heavy atom. The van der Waals surface area contributed by atoms with Crippen LogP contribution in [0.1, 0.15) is 0 Å². The zero-order chi connectivity index (χ0) is 55.9. The Morgan fingerprint density at radius 2 is 0.610 bits per heavy atom. The molecule has 4 heterocycles. The van der Waals surface area contributed by atoms with Crippen molar-refractivity contribution in [3.63, 3.8) is 0 Å². The zero-order valence-corrected chi connectivity index (χ0v) is 45.2. The van der Waals surface area contributed by atoms with Gasteiger partial charge in [-0.15, -0.1) is 0 Å². The summed E-state index contributed by atoms with van der Waals surface area (Å²) in [5.41, 5.74) is 9.71. The van der Waals surface area contributed by atoms with Gasteiger partial charge in [0.1, 0.15) is 0 Å².